The molecule has 0 saturated heterocycles. The highest BCUT2D eigenvalue weighted by Crippen LogP contribution is 2.35. The molecule has 0 aliphatic heterocycles. The maximum Gasteiger partial charge on any atom is 0.200 e. The summed E-state index contributed by atoms with van der Waals surface area (Å²) in [7, 11) is 0. The summed E-state index contributed by atoms with van der Waals surface area (Å²) in [4.78, 5) is 11.0. The maximum atomic E-state index is 13.0. The van der Waals surface area contributed by atoms with Gasteiger partial charge in [0.2, 0.25) is 5.78 Å². The second-order valence-electron chi connectivity index (χ2n) is 2.76. The van der Waals surface area contributed by atoms with E-state index in [9.17, 15) is 13.6 Å². The molecule has 0 spiro atoms. The Bertz CT molecular complexity index is 335. The summed E-state index contributed by atoms with van der Waals surface area (Å²) in [5.74, 6) is -0.738. The van der Waals surface area contributed by atoms with Crippen LogP contribution in [0.4, 0.5) is 8.78 Å². The third-order valence-electron chi connectivity index (χ3n) is 2.03. The lowest BCUT2D eigenvalue weighted by molar-refractivity contribution is 0.0812. The number of Topliss-reactive ketones (excluding diaryl/α,β-unsaturated/α-hetero) is 1. The summed E-state index contributed by atoms with van der Waals surface area (Å²) in [5, 5.41) is 0. The normalized spacial score (nSPS) is 27.3. The molecule has 0 aromatic heterocycles. The highest BCUT2D eigenvalue weighted by atomic mass is 19.2. The number of hydrogen-bond donors (Lipinski definition) is 0. The third kappa shape index (κ3) is 0.793. The van der Waals surface area contributed by atoms with E-state index in [1.807, 2.05) is 0 Å². The number of alkyl halides is 2. The number of hydrogen-bond acceptors (Lipinski definition) is 1. The molecular weight excluding hydrogens is 162 g/mol. The molecule has 2 rings (SSSR count). The summed E-state index contributed by atoms with van der Waals surface area (Å²) < 4.78 is 25.7. The molecule has 0 bridgehead atoms. The molecule has 0 heterocycles. The molecule has 1 aliphatic carbocycles. The second kappa shape index (κ2) is 2.37. The van der Waals surface area contributed by atoms with Crippen molar-refractivity contribution in [3.05, 3.63) is 35.4 Å². The fourth-order valence-electron chi connectivity index (χ4n) is 1.40. The lowest BCUT2D eigenvalue weighted by Gasteiger charge is -1.99. The minimum Gasteiger partial charge on any atom is -0.291 e. The van der Waals surface area contributed by atoms with Crippen molar-refractivity contribution in [1.82, 2.24) is 0 Å². The standard InChI is InChI=1S/C9H6F2O/c10-7-5-3-1-2-4-6(5)9(12)8(7)11/h1-4,7-8H. The monoisotopic (exact) mass is 168 g/mol. The van der Waals surface area contributed by atoms with Gasteiger partial charge in [-0.05, 0) is 0 Å². The Morgan fingerprint density at radius 1 is 1.08 bits per heavy atom. The topological polar surface area (TPSA) is 17.1 Å². The zero-order chi connectivity index (χ0) is 8.72. The average molecular weight is 168 g/mol. The largest absolute Gasteiger partial charge is 0.291 e. The van der Waals surface area contributed by atoms with E-state index < -0.39 is 18.1 Å². The van der Waals surface area contributed by atoms with Crippen molar-refractivity contribution in [3.8, 4) is 0 Å². The summed E-state index contributed by atoms with van der Waals surface area (Å²) in [6.45, 7) is 0. The fraction of sp³-hybridized carbons (Fsp3) is 0.222. The van der Waals surface area contributed by atoms with Crippen molar-refractivity contribution in [3.63, 3.8) is 0 Å². The van der Waals surface area contributed by atoms with Gasteiger partial charge in [0.05, 0.1) is 0 Å². The SMILES string of the molecule is O=C1c2ccccc2C(F)C1F. The van der Waals surface area contributed by atoms with E-state index in [4.69, 9.17) is 0 Å². The number of fused-ring (bicyclic) bond motifs is 1. The Morgan fingerprint density at radius 2 is 1.75 bits per heavy atom. The quantitative estimate of drug-likeness (QED) is 0.580. The maximum absolute atomic E-state index is 13.0. The Balaban J connectivity index is 2.59. The second-order valence-corrected chi connectivity index (χ2v) is 2.76. The Hall–Kier alpha value is -1.25. The van der Waals surface area contributed by atoms with Crippen molar-refractivity contribution in [1.29, 1.82) is 0 Å². The van der Waals surface area contributed by atoms with E-state index in [0.717, 1.165) is 0 Å². The van der Waals surface area contributed by atoms with Crippen LogP contribution in [0.25, 0.3) is 0 Å². The van der Waals surface area contributed by atoms with Gasteiger partial charge in [0, 0.05) is 11.1 Å². The summed E-state index contributed by atoms with van der Waals surface area (Å²) >= 11 is 0. The minimum atomic E-state index is -2.00. The Labute approximate surface area is 68.0 Å². The summed E-state index contributed by atoms with van der Waals surface area (Å²) in [5.41, 5.74) is 0.354. The van der Waals surface area contributed by atoms with E-state index in [0.29, 0.717) is 0 Å². The van der Waals surface area contributed by atoms with Crippen molar-refractivity contribution in [2.75, 3.05) is 0 Å². The minimum absolute atomic E-state index is 0.176. The summed E-state index contributed by atoms with van der Waals surface area (Å²) in [6.07, 6.45) is -3.77. The van der Waals surface area contributed by atoms with Gasteiger partial charge in [0.25, 0.3) is 0 Å². The lowest BCUT2D eigenvalue weighted by Crippen LogP contribution is -2.10. The molecule has 2 atom stereocenters. The van der Waals surface area contributed by atoms with Crippen LogP contribution >= 0.6 is 0 Å². The molecule has 1 aliphatic rings. The number of halogens is 2. The van der Waals surface area contributed by atoms with Crippen molar-refractivity contribution >= 4 is 5.78 Å². The molecular formula is C9H6F2O. The van der Waals surface area contributed by atoms with Gasteiger partial charge in [-0.15, -0.1) is 0 Å². The molecule has 2 unspecified atom stereocenters. The van der Waals surface area contributed by atoms with Crippen molar-refractivity contribution < 1.29 is 13.6 Å². The zero-order valence-corrected chi connectivity index (χ0v) is 6.13. The first-order valence-electron chi connectivity index (χ1n) is 3.63. The van der Waals surface area contributed by atoms with Crippen LogP contribution in [0, 0.1) is 0 Å². The molecule has 3 heteroatoms. The van der Waals surface area contributed by atoms with Crippen LogP contribution in [0.15, 0.2) is 24.3 Å². The highest BCUT2D eigenvalue weighted by molar-refractivity contribution is 6.04. The highest BCUT2D eigenvalue weighted by Gasteiger charge is 2.39. The van der Waals surface area contributed by atoms with Crippen LogP contribution in [0.5, 0.6) is 0 Å². The smallest absolute Gasteiger partial charge is 0.200 e. The van der Waals surface area contributed by atoms with Gasteiger partial charge < -0.3 is 0 Å². The molecule has 1 aromatic carbocycles. The van der Waals surface area contributed by atoms with Crippen LogP contribution in [0.1, 0.15) is 22.1 Å². The first-order valence-corrected chi connectivity index (χ1v) is 3.63. The number of carbonyl (C=O) groups excluding carboxylic acids is 1. The molecule has 0 amide bonds. The van der Waals surface area contributed by atoms with Crippen LogP contribution < -0.4 is 0 Å². The van der Waals surface area contributed by atoms with Crippen molar-refractivity contribution in [2.24, 2.45) is 0 Å². The molecule has 0 radical (unpaired) electrons. The van der Waals surface area contributed by atoms with Gasteiger partial charge in [-0.3, -0.25) is 4.79 Å². The third-order valence-corrected chi connectivity index (χ3v) is 2.03. The Morgan fingerprint density at radius 3 is 2.42 bits per heavy atom. The van der Waals surface area contributed by atoms with Crippen LogP contribution in [0.2, 0.25) is 0 Å². The van der Waals surface area contributed by atoms with Gasteiger partial charge >= 0.3 is 0 Å². The predicted octanol–water partition coefficient (Wildman–Crippen LogP) is 2.23. The van der Waals surface area contributed by atoms with E-state index >= 15 is 0 Å². The molecule has 0 N–H and O–H groups in total. The van der Waals surface area contributed by atoms with E-state index in [-0.39, 0.29) is 11.1 Å². The van der Waals surface area contributed by atoms with Gasteiger partial charge in [0.15, 0.2) is 12.3 Å². The van der Waals surface area contributed by atoms with Gasteiger partial charge in [-0.1, -0.05) is 24.3 Å². The average Bonchev–Trinajstić information content (AvgIpc) is 2.33. The first kappa shape index (κ1) is 7.40. The summed E-state index contributed by atoms with van der Waals surface area (Å²) in [6, 6.07) is 6.08. The number of ketones is 1. The molecule has 12 heavy (non-hydrogen) atoms. The van der Waals surface area contributed by atoms with Gasteiger partial charge in [0.1, 0.15) is 0 Å². The van der Waals surface area contributed by atoms with Crippen LogP contribution in [-0.2, 0) is 0 Å². The molecule has 1 nitrogen and oxygen atoms in total. The first-order chi connectivity index (χ1) is 5.72. The number of benzene rings is 1. The molecule has 62 valence electrons. The van der Waals surface area contributed by atoms with Crippen LogP contribution in [-0.4, -0.2) is 12.0 Å². The predicted molar refractivity (Wildman–Crippen MR) is 39.5 cm³/mol. The van der Waals surface area contributed by atoms with Gasteiger partial charge in [-0.25, -0.2) is 8.78 Å². The van der Waals surface area contributed by atoms with E-state index in [1.165, 1.54) is 12.1 Å². The number of rotatable bonds is 0. The van der Waals surface area contributed by atoms with E-state index in [1.54, 1.807) is 12.1 Å². The lowest BCUT2D eigenvalue weighted by atomic mass is 10.1. The molecule has 0 fully saturated rings. The zero-order valence-electron chi connectivity index (χ0n) is 6.13. The fourth-order valence-corrected chi connectivity index (χ4v) is 1.40. The van der Waals surface area contributed by atoms with Crippen molar-refractivity contribution in [2.45, 2.75) is 12.3 Å². The molecule has 0 saturated carbocycles. The van der Waals surface area contributed by atoms with Crippen LogP contribution in [0.3, 0.4) is 0 Å². The molecule has 1 aromatic rings. The Kier molecular flexibility index (Phi) is 1.46. The number of carbonyl (C=O) groups is 1. The van der Waals surface area contributed by atoms with E-state index in [2.05, 4.69) is 0 Å². The van der Waals surface area contributed by atoms with Gasteiger partial charge in [-0.2, -0.15) is 0 Å².